The summed E-state index contributed by atoms with van der Waals surface area (Å²) in [5.74, 6) is 0.890. The van der Waals surface area contributed by atoms with Crippen molar-refractivity contribution in [1.82, 2.24) is 4.90 Å². The fourth-order valence-electron chi connectivity index (χ4n) is 4.66. The molecule has 0 spiro atoms. The van der Waals surface area contributed by atoms with Crippen molar-refractivity contribution >= 4 is 38.7 Å². The second-order valence-electron chi connectivity index (χ2n) is 10.1. The fraction of sp³-hybridized carbons (Fsp3) is 0.464. The molecular weight excluding hydrogens is 424 g/mol. The highest BCUT2D eigenvalue weighted by Gasteiger charge is 2.25. The van der Waals surface area contributed by atoms with Crippen molar-refractivity contribution in [3.63, 3.8) is 0 Å². The van der Waals surface area contributed by atoms with Crippen molar-refractivity contribution in [2.75, 3.05) is 65.8 Å². The minimum atomic E-state index is 0.712. The Balaban J connectivity index is 1.71. The molecule has 0 aliphatic carbocycles. The van der Waals surface area contributed by atoms with E-state index in [1.807, 2.05) is 12.1 Å². The van der Waals surface area contributed by atoms with Crippen LogP contribution in [0.2, 0.25) is 0 Å². The number of pyridine rings is 1. The number of anilines is 1. The summed E-state index contributed by atoms with van der Waals surface area (Å²) in [6, 6.07) is 14.7. The summed E-state index contributed by atoms with van der Waals surface area (Å²) in [6.45, 7) is 10.2. The van der Waals surface area contributed by atoms with Gasteiger partial charge in [-0.15, -0.1) is 0 Å². The predicted octanol–water partition coefficient (Wildman–Crippen LogP) is 4.79. The fourth-order valence-corrected chi connectivity index (χ4v) is 4.66. The molecule has 0 aliphatic heterocycles. The van der Waals surface area contributed by atoms with Crippen molar-refractivity contribution in [2.24, 2.45) is 7.05 Å². The number of benzene rings is 2. The first-order valence-electron chi connectivity index (χ1n) is 12.5. The van der Waals surface area contributed by atoms with Gasteiger partial charge in [0.1, 0.15) is 18.4 Å². The van der Waals surface area contributed by atoms with Gasteiger partial charge in [-0.1, -0.05) is 26.0 Å². The average Bonchev–Trinajstić information content (AvgIpc) is 3.20. The molecule has 4 rings (SSSR count). The summed E-state index contributed by atoms with van der Waals surface area (Å²) in [4.78, 5) is 2.43. The maximum Gasteiger partial charge on any atom is 0.261 e. The van der Waals surface area contributed by atoms with Crippen LogP contribution in [0.15, 0.2) is 46.9 Å². The minimum absolute atomic E-state index is 0.712. The van der Waals surface area contributed by atoms with Gasteiger partial charge in [-0.2, -0.15) is 4.57 Å². The second-order valence-corrected chi connectivity index (χ2v) is 10.1. The first-order chi connectivity index (χ1) is 16.3. The molecule has 2 aromatic carbocycles. The van der Waals surface area contributed by atoms with E-state index in [0.717, 1.165) is 77.1 Å². The lowest BCUT2D eigenvalue weighted by atomic mass is 10.1. The summed E-state index contributed by atoms with van der Waals surface area (Å²) in [5.41, 5.74) is 5.12. The number of nitrogens with one attached hydrogen (secondary N) is 1. The molecule has 0 saturated heterocycles. The predicted molar refractivity (Wildman–Crippen MR) is 142 cm³/mol. The Morgan fingerprint density at radius 3 is 2.53 bits per heavy atom. The molecule has 0 radical (unpaired) electrons. The van der Waals surface area contributed by atoms with Crippen molar-refractivity contribution in [3.8, 4) is 5.75 Å². The van der Waals surface area contributed by atoms with Crippen LogP contribution < -0.4 is 14.6 Å². The number of aromatic nitrogens is 1. The van der Waals surface area contributed by atoms with E-state index in [9.17, 15) is 0 Å². The number of nitrogens with zero attached hydrogens (tertiary/aromatic N) is 3. The molecule has 182 valence electrons. The van der Waals surface area contributed by atoms with E-state index in [4.69, 9.17) is 9.15 Å². The van der Waals surface area contributed by atoms with Gasteiger partial charge in [0.2, 0.25) is 11.1 Å². The lowest BCUT2D eigenvalue weighted by Gasteiger charge is -2.23. The van der Waals surface area contributed by atoms with Crippen molar-refractivity contribution < 1.29 is 18.2 Å². The number of para-hydroxylation sites is 1. The van der Waals surface area contributed by atoms with Crippen molar-refractivity contribution in [1.29, 1.82) is 0 Å². The standard InChI is InChI=1S/C28H39N4O2/c1-7-31(8-2)17-16-29-26-22-12-9-10-13-24(22)30(3)27-23-20-21(14-15-25(23)34-28(26)27)33-19-11-18-32(4,5)6/h9-10,12-15,20H,7-8,11,16-19H2,1-6H3/q+1/p+1. The largest absolute Gasteiger partial charge is 0.493 e. The van der Waals surface area contributed by atoms with Crippen LogP contribution in [0.25, 0.3) is 33.0 Å². The molecule has 1 N–H and O–H groups in total. The topological polar surface area (TPSA) is 41.5 Å². The number of rotatable bonds is 11. The Morgan fingerprint density at radius 2 is 1.79 bits per heavy atom. The number of furan rings is 1. The Bertz CT molecular complexity index is 1270. The molecule has 2 aromatic heterocycles. The van der Waals surface area contributed by atoms with Crippen LogP contribution in [0.3, 0.4) is 0 Å². The van der Waals surface area contributed by atoms with Gasteiger partial charge >= 0.3 is 0 Å². The van der Waals surface area contributed by atoms with Crippen LogP contribution in [0.4, 0.5) is 5.69 Å². The number of aryl methyl sites for hydroxylation is 1. The summed E-state index contributed by atoms with van der Waals surface area (Å²) < 4.78 is 15.8. The Kier molecular flexibility index (Phi) is 7.29. The van der Waals surface area contributed by atoms with E-state index in [2.05, 4.69) is 87.2 Å². The summed E-state index contributed by atoms with van der Waals surface area (Å²) in [6.07, 6.45) is 1.02. The second kappa shape index (κ2) is 10.2. The van der Waals surface area contributed by atoms with E-state index in [-0.39, 0.29) is 0 Å². The first kappa shape index (κ1) is 24.3. The van der Waals surface area contributed by atoms with Gasteiger partial charge in [0.15, 0.2) is 0 Å². The number of hydrogen-bond donors (Lipinski definition) is 1. The average molecular weight is 465 g/mol. The highest BCUT2D eigenvalue weighted by atomic mass is 16.5. The van der Waals surface area contributed by atoms with Crippen LogP contribution in [-0.4, -0.2) is 69.9 Å². The number of quaternary nitrogens is 1. The minimum Gasteiger partial charge on any atom is -0.493 e. The molecule has 0 fully saturated rings. The molecule has 6 heteroatoms. The van der Waals surface area contributed by atoms with E-state index >= 15 is 0 Å². The molecule has 6 nitrogen and oxygen atoms in total. The Morgan fingerprint density at radius 1 is 1.03 bits per heavy atom. The highest BCUT2D eigenvalue weighted by molar-refractivity contribution is 6.11. The molecular formula is C28H40N4O2+2. The summed E-state index contributed by atoms with van der Waals surface area (Å²) >= 11 is 0. The molecule has 0 amide bonds. The normalized spacial score (nSPS) is 12.3. The third-order valence-corrected chi connectivity index (χ3v) is 6.60. The quantitative estimate of drug-likeness (QED) is 0.197. The molecule has 2 heterocycles. The molecule has 34 heavy (non-hydrogen) atoms. The van der Waals surface area contributed by atoms with Gasteiger partial charge in [0.05, 0.1) is 50.8 Å². The third-order valence-electron chi connectivity index (χ3n) is 6.60. The van der Waals surface area contributed by atoms with Gasteiger partial charge in [-0.3, -0.25) is 0 Å². The highest BCUT2D eigenvalue weighted by Crippen LogP contribution is 2.37. The van der Waals surface area contributed by atoms with Gasteiger partial charge in [0.25, 0.3) is 5.52 Å². The molecule has 0 atom stereocenters. The van der Waals surface area contributed by atoms with E-state index in [1.54, 1.807) is 0 Å². The van der Waals surface area contributed by atoms with E-state index < -0.39 is 0 Å². The molecule has 0 aliphatic rings. The van der Waals surface area contributed by atoms with Gasteiger partial charge < -0.3 is 23.9 Å². The zero-order valence-corrected chi connectivity index (χ0v) is 21.6. The maximum atomic E-state index is 6.45. The Labute approximate surface area is 203 Å². The monoisotopic (exact) mass is 464 g/mol. The van der Waals surface area contributed by atoms with Crippen LogP contribution >= 0.6 is 0 Å². The summed E-state index contributed by atoms with van der Waals surface area (Å²) in [7, 11) is 8.75. The lowest BCUT2D eigenvalue weighted by Crippen LogP contribution is -2.35. The van der Waals surface area contributed by atoms with Crippen LogP contribution in [0.5, 0.6) is 5.75 Å². The number of ether oxygens (including phenoxy) is 1. The zero-order chi connectivity index (χ0) is 24.3. The number of hydrogen-bond acceptors (Lipinski definition) is 4. The molecule has 4 aromatic rings. The van der Waals surface area contributed by atoms with E-state index in [0.29, 0.717) is 6.61 Å². The van der Waals surface area contributed by atoms with E-state index in [1.165, 1.54) is 10.9 Å². The molecule has 0 saturated carbocycles. The van der Waals surface area contributed by atoms with Crippen LogP contribution in [0.1, 0.15) is 20.3 Å². The first-order valence-corrected chi connectivity index (χ1v) is 12.5. The van der Waals surface area contributed by atoms with Gasteiger partial charge in [0, 0.05) is 25.6 Å². The lowest BCUT2D eigenvalue weighted by molar-refractivity contribution is -0.870. The maximum absolute atomic E-state index is 6.45. The van der Waals surface area contributed by atoms with Crippen molar-refractivity contribution in [3.05, 3.63) is 42.5 Å². The number of fused-ring (bicyclic) bond motifs is 4. The van der Waals surface area contributed by atoms with Gasteiger partial charge in [-0.25, -0.2) is 0 Å². The number of likely N-dealkylation sites (N-methyl/N-ethyl adjacent to an activating group) is 1. The summed E-state index contributed by atoms with van der Waals surface area (Å²) in [5, 5.41) is 5.96. The molecule has 0 bridgehead atoms. The molecule has 0 unspecified atom stereocenters. The van der Waals surface area contributed by atoms with Crippen LogP contribution in [-0.2, 0) is 7.05 Å². The zero-order valence-electron chi connectivity index (χ0n) is 21.6. The van der Waals surface area contributed by atoms with Gasteiger partial charge in [-0.05, 0) is 37.4 Å². The van der Waals surface area contributed by atoms with Crippen molar-refractivity contribution in [2.45, 2.75) is 20.3 Å². The smallest absolute Gasteiger partial charge is 0.261 e. The third kappa shape index (κ3) is 5.13. The Hall–Kier alpha value is -2.83. The SMILES string of the molecule is CCN(CC)CCNc1c2ccccc2[n+](C)c2c1oc1ccc(OCCC[N+](C)(C)C)cc12. The van der Waals surface area contributed by atoms with Crippen LogP contribution in [0, 0.1) is 0 Å².